The molecule has 2 aromatic carbocycles. The van der Waals surface area contributed by atoms with Crippen molar-refractivity contribution < 1.29 is 21.6 Å². The minimum absolute atomic E-state index is 0.0772. The summed E-state index contributed by atoms with van der Waals surface area (Å²) in [4.78, 5) is -0.278. The van der Waals surface area contributed by atoms with Crippen molar-refractivity contribution in [1.29, 1.82) is 0 Å². The first kappa shape index (κ1) is 19.4. The second kappa shape index (κ2) is 6.74. The predicted molar refractivity (Wildman–Crippen MR) is 91.2 cm³/mol. The van der Waals surface area contributed by atoms with Crippen LogP contribution in [0, 0.1) is 6.92 Å². The van der Waals surface area contributed by atoms with E-state index in [0.717, 1.165) is 6.07 Å². The van der Waals surface area contributed by atoms with Gasteiger partial charge in [0.25, 0.3) is 10.0 Å². The van der Waals surface area contributed by atoms with E-state index in [1.165, 1.54) is 18.2 Å². The third-order valence-corrected chi connectivity index (χ3v) is 5.69. The zero-order valence-electron chi connectivity index (χ0n) is 11.9. The van der Waals surface area contributed by atoms with Gasteiger partial charge < -0.3 is 0 Å². The summed E-state index contributed by atoms with van der Waals surface area (Å²) in [5.74, 6) is 0. The van der Waals surface area contributed by atoms with Crippen LogP contribution in [-0.4, -0.2) is 8.42 Å². The highest BCUT2D eigenvalue weighted by molar-refractivity contribution is 9.10. The maximum Gasteiger partial charge on any atom is 0.416 e. The molecule has 0 aliphatic heterocycles. The van der Waals surface area contributed by atoms with Gasteiger partial charge in [0.15, 0.2) is 0 Å². The molecule has 0 fully saturated rings. The molecule has 0 radical (unpaired) electrons. The molecular formula is C14H9BrCl2F3NO2S. The van der Waals surface area contributed by atoms with Gasteiger partial charge in [-0.05, 0) is 42.8 Å². The Kier molecular flexibility index (Phi) is 5.44. The van der Waals surface area contributed by atoms with Crippen molar-refractivity contribution in [2.45, 2.75) is 18.0 Å². The standard InChI is InChI=1S/C14H9BrCl2F3NO2S/c1-7-2-13(12(17)6-11(7)16)24(22,23)21-10-4-8(14(18,19)20)3-9(15)5-10/h2-6,21H,1H3. The van der Waals surface area contributed by atoms with Gasteiger partial charge in [-0.3, -0.25) is 4.72 Å². The van der Waals surface area contributed by atoms with Gasteiger partial charge in [-0.1, -0.05) is 39.1 Å². The van der Waals surface area contributed by atoms with Gasteiger partial charge in [-0.25, -0.2) is 8.42 Å². The Labute approximate surface area is 154 Å². The van der Waals surface area contributed by atoms with E-state index in [2.05, 4.69) is 20.7 Å². The number of aryl methyl sites for hydroxylation is 1. The minimum atomic E-state index is -4.61. The lowest BCUT2D eigenvalue weighted by Crippen LogP contribution is -2.15. The van der Waals surface area contributed by atoms with Crippen molar-refractivity contribution >= 4 is 54.8 Å². The molecule has 0 saturated heterocycles. The molecule has 0 unspecified atom stereocenters. The zero-order chi connectivity index (χ0) is 18.3. The molecule has 0 saturated carbocycles. The topological polar surface area (TPSA) is 46.2 Å². The summed E-state index contributed by atoms with van der Waals surface area (Å²) in [5.41, 5.74) is -0.778. The minimum Gasteiger partial charge on any atom is -0.280 e. The van der Waals surface area contributed by atoms with E-state index in [4.69, 9.17) is 23.2 Å². The summed E-state index contributed by atoms with van der Waals surface area (Å²) in [6.07, 6.45) is -4.61. The molecule has 0 amide bonds. The van der Waals surface area contributed by atoms with Crippen LogP contribution in [-0.2, 0) is 16.2 Å². The Bertz CT molecular complexity index is 902. The molecule has 24 heavy (non-hydrogen) atoms. The van der Waals surface area contributed by atoms with Crippen LogP contribution in [0.2, 0.25) is 10.0 Å². The fourth-order valence-corrected chi connectivity index (χ4v) is 4.23. The van der Waals surface area contributed by atoms with E-state index in [1.54, 1.807) is 6.92 Å². The van der Waals surface area contributed by atoms with Gasteiger partial charge in [-0.2, -0.15) is 13.2 Å². The second-order valence-corrected chi connectivity index (χ2v) is 8.24. The molecule has 10 heteroatoms. The monoisotopic (exact) mass is 461 g/mol. The van der Waals surface area contributed by atoms with E-state index in [0.29, 0.717) is 11.6 Å². The van der Waals surface area contributed by atoms with Crippen LogP contribution in [0.5, 0.6) is 0 Å². The fourth-order valence-electron chi connectivity index (χ4n) is 1.86. The summed E-state index contributed by atoms with van der Waals surface area (Å²) >= 11 is 14.7. The molecular weight excluding hydrogens is 454 g/mol. The van der Waals surface area contributed by atoms with Crippen molar-refractivity contribution in [2.75, 3.05) is 4.72 Å². The van der Waals surface area contributed by atoms with E-state index in [1.807, 2.05) is 0 Å². The quantitative estimate of drug-likeness (QED) is 0.618. The van der Waals surface area contributed by atoms with E-state index < -0.39 is 21.8 Å². The molecule has 0 spiro atoms. The number of sulfonamides is 1. The van der Waals surface area contributed by atoms with E-state index in [9.17, 15) is 21.6 Å². The fraction of sp³-hybridized carbons (Fsp3) is 0.143. The van der Waals surface area contributed by atoms with E-state index >= 15 is 0 Å². The normalized spacial score (nSPS) is 12.3. The van der Waals surface area contributed by atoms with Gasteiger partial charge in [0.1, 0.15) is 4.90 Å². The third-order valence-electron chi connectivity index (χ3n) is 2.98. The van der Waals surface area contributed by atoms with Gasteiger partial charge >= 0.3 is 6.18 Å². The Balaban J connectivity index is 2.47. The molecule has 130 valence electrons. The van der Waals surface area contributed by atoms with Crippen LogP contribution in [0.15, 0.2) is 39.7 Å². The first-order valence-electron chi connectivity index (χ1n) is 6.26. The Morgan fingerprint density at radius 1 is 1.04 bits per heavy atom. The molecule has 0 aliphatic rings. The molecule has 0 heterocycles. The number of halogens is 6. The first-order chi connectivity index (χ1) is 10.9. The highest BCUT2D eigenvalue weighted by Crippen LogP contribution is 2.35. The SMILES string of the molecule is Cc1cc(S(=O)(=O)Nc2cc(Br)cc(C(F)(F)F)c2)c(Cl)cc1Cl. The molecule has 0 atom stereocenters. The maximum absolute atomic E-state index is 12.8. The molecule has 3 nitrogen and oxygen atoms in total. The summed E-state index contributed by atoms with van der Waals surface area (Å²) in [7, 11) is -4.19. The van der Waals surface area contributed by atoms with Crippen LogP contribution < -0.4 is 4.72 Å². The lowest BCUT2D eigenvalue weighted by molar-refractivity contribution is -0.137. The van der Waals surface area contributed by atoms with Crippen molar-refractivity contribution in [3.8, 4) is 0 Å². The Hall–Kier alpha value is -0.960. The zero-order valence-corrected chi connectivity index (χ0v) is 15.8. The number of hydrogen-bond acceptors (Lipinski definition) is 2. The highest BCUT2D eigenvalue weighted by atomic mass is 79.9. The third kappa shape index (κ3) is 4.36. The largest absolute Gasteiger partial charge is 0.416 e. The molecule has 0 bridgehead atoms. The van der Waals surface area contributed by atoms with Crippen LogP contribution >= 0.6 is 39.1 Å². The van der Waals surface area contributed by atoms with Gasteiger partial charge in [0, 0.05) is 9.50 Å². The molecule has 0 aliphatic carbocycles. The number of hydrogen-bond donors (Lipinski definition) is 1. The maximum atomic E-state index is 12.8. The molecule has 0 aromatic heterocycles. The van der Waals surface area contributed by atoms with Crippen molar-refractivity contribution in [3.63, 3.8) is 0 Å². The number of anilines is 1. The average Bonchev–Trinajstić information content (AvgIpc) is 2.40. The smallest absolute Gasteiger partial charge is 0.280 e. The lowest BCUT2D eigenvalue weighted by Gasteiger charge is -2.13. The molecule has 2 aromatic rings. The highest BCUT2D eigenvalue weighted by Gasteiger charge is 2.31. The summed E-state index contributed by atoms with van der Waals surface area (Å²) < 4.78 is 65.5. The van der Waals surface area contributed by atoms with Crippen molar-refractivity contribution in [2.24, 2.45) is 0 Å². The van der Waals surface area contributed by atoms with Crippen LogP contribution in [0.4, 0.5) is 18.9 Å². The molecule has 1 N–H and O–H groups in total. The summed E-state index contributed by atoms with van der Waals surface area (Å²) in [6, 6.07) is 5.25. The predicted octanol–water partition coefficient (Wildman–Crippen LogP) is 5.88. The van der Waals surface area contributed by atoms with E-state index in [-0.39, 0.29) is 25.1 Å². The van der Waals surface area contributed by atoms with Gasteiger partial charge in [-0.15, -0.1) is 0 Å². The van der Waals surface area contributed by atoms with Crippen LogP contribution in [0.1, 0.15) is 11.1 Å². The van der Waals surface area contributed by atoms with Crippen LogP contribution in [0.25, 0.3) is 0 Å². The Morgan fingerprint density at radius 3 is 2.25 bits per heavy atom. The lowest BCUT2D eigenvalue weighted by atomic mass is 10.2. The number of benzene rings is 2. The van der Waals surface area contributed by atoms with Crippen LogP contribution in [0.3, 0.4) is 0 Å². The summed E-state index contributed by atoms with van der Waals surface area (Å²) in [5, 5.41) is 0.143. The summed E-state index contributed by atoms with van der Waals surface area (Å²) in [6.45, 7) is 1.58. The number of nitrogens with one attached hydrogen (secondary N) is 1. The van der Waals surface area contributed by atoms with Gasteiger partial charge in [0.2, 0.25) is 0 Å². The average molecular weight is 463 g/mol. The second-order valence-electron chi connectivity index (χ2n) is 4.86. The van der Waals surface area contributed by atoms with Crippen molar-refractivity contribution in [3.05, 3.63) is 56.0 Å². The van der Waals surface area contributed by atoms with Crippen molar-refractivity contribution in [1.82, 2.24) is 0 Å². The number of alkyl halides is 3. The molecule has 2 rings (SSSR count). The number of rotatable bonds is 3. The van der Waals surface area contributed by atoms with Gasteiger partial charge in [0.05, 0.1) is 16.3 Å². The Morgan fingerprint density at radius 2 is 1.67 bits per heavy atom. The first-order valence-corrected chi connectivity index (χ1v) is 9.29.